The molecule has 20 heavy (non-hydrogen) atoms. The second-order valence-corrected chi connectivity index (χ2v) is 6.43. The highest BCUT2D eigenvalue weighted by atomic mass is 19.3. The van der Waals surface area contributed by atoms with Crippen molar-refractivity contribution in [1.82, 2.24) is 0 Å². The Balaban J connectivity index is 2.09. The fourth-order valence-corrected chi connectivity index (χ4v) is 2.11. The topological polar surface area (TPSA) is 18.5 Å². The van der Waals surface area contributed by atoms with Crippen LogP contribution < -0.4 is 5.46 Å². The molecule has 1 aromatic rings. The lowest BCUT2D eigenvalue weighted by molar-refractivity contribution is 0.00578. The lowest BCUT2D eigenvalue weighted by atomic mass is 9.78. The molecule has 1 aliphatic heterocycles. The van der Waals surface area contributed by atoms with Gasteiger partial charge in [-0.25, -0.2) is 8.78 Å². The molecule has 1 saturated heterocycles. The van der Waals surface area contributed by atoms with E-state index in [2.05, 4.69) is 0 Å². The van der Waals surface area contributed by atoms with E-state index in [0.29, 0.717) is 0 Å². The Labute approximate surface area is 124 Å². The van der Waals surface area contributed by atoms with Crippen molar-refractivity contribution in [3.63, 3.8) is 0 Å². The standard InChI is InChI=1S/C15H19BF2O2/c1-13(2)14(3,4)20-16(19-13)11-7-5-10(6-8-11)12-9-15(12,17)18/h5-8,12H,9H2,1-4H3/i5D,6D,7D,8D. The van der Waals surface area contributed by atoms with Crippen molar-refractivity contribution in [3.05, 3.63) is 29.7 Å². The average Bonchev–Trinajstić information content (AvgIpc) is 2.97. The van der Waals surface area contributed by atoms with Crippen molar-refractivity contribution in [2.24, 2.45) is 0 Å². The molecule has 3 rings (SSSR count). The van der Waals surface area contributed by atoms with Crippen LogP contribution in [-0.4, -0.2) is 24.2 Å². The van der Waals surface area contributed by atoms with Crippen molar-refractivity contribution in [1.29, 1.82) is 0 Å². The first-order chi connectivity index (χ1) is 10.8. The zero-order valence-electron chi connectivity index (χ0n) is 15.9. The fourth-order valence-electron chi connectivity index (χ4n) is 2.11. The Hall–Kier alpha value is -0.935. The minimum Gasteiger partial charge on any atom is -0.399 e. The zero-order valence-corrected chi connectivity index (χ0v) is 11.9. The van der Waals surface area contributed by atoms with Crippen LogP contribution >= 0.6 is 0 Å². The largest absolute Gasteiger partial charge is 0.494 e. The lowest BCUT2D eigenvalue weighted by Gasteiger charge is -2.32. The van der Waals surface area contributed by atoms with Crippen molar-refractivity contribution in [2.45, 2.75) is 57.2 Å². The van der Waals surface area contributed by atoms with Gasteiger partial charge in [-0.05, 0) is 38.7 Å². The van der Waals surface area contributed by atoms with Crippen LogP contribution in [0.4, 0.5) is 8.78 Å². The highest BCUT2D eigenvalue weighted by Crippen LogP contribution is 2.55. The number of hydrogen-bond donors (Lipinski definition) is 0. The predicted octanol–water partition coefficient (Wildman–Crippen LogP) is 3.11. The Kier molecular flexibility index (Phi) is 2.00. The summed E-state index contributed by atoms with van der Waals surface area (Å²) in [4.78, 5) is 0. The van der Waals surface area contributed by atoms with Crippen LogP contribution in [0.5, 0.6) is 0 Å². The SMILES string of the molecule is [2H]c1c([2H])c(C2CC2(F)F)c([2H])c([2H])c1B1OC(C)(C)C(C)(C)O1. The van der Waals surface area contributed by atoms with Gasteiger partial charge in [0.25, 0.3) is 5.92 Å². The first-order valence-electron chi connectivity index (χ1n) is 8.64. The molecule has 5 heteroatoms. The molecule has 108 valence electrons. The van der Waals surface area contributed by atoms with Crippen molar-refractivity contribution in [2.75, 3.05) is 0 Å². The van der Waals surface area contributed by atoms with Gasteiger partial charge in [0.2, 0.25) is 0 Å². The lowest BCUT2D eigenvalue weighted by Crippen LogP contribution is -2.41. The van der Waals surface area contributed by atoms with E-state index >= 15 is 0 Å². The summed E-state index contributed by atoms with van der Waals surface area (Å²) in [5, 5.41) is 0. The molecular formula is C15H19BF2O2. The van der Waals surface area contributed by atoms with Crippen LogP contribution in [0.1, 0.15) is 51.1 Å². The third-order valence-corrected chi connectivity index (χ3v) is 4.33. The smallest absolute Gasteiger partial charge is 0.399 e. The van der Waals surface area contributed by atoms with E-state index in [4.69, 9.17) is 14.8 Å². The monoisotopic (exact) mass is 284 g/mol. The molecule has 1 aliphatic carbocycles. The predicted molar refractivity (Wildman–Crippen MR) is 74.5 cm³/mol. The third-order valence-electron chi connectivity index (χ3n) is 4.33. The van der Waals surface area contributed by atoms with Gasteiger partial charge in [-0.1, -0.05) is 24.2 Å². The summed E-state index contributed by atoms with van der Waals surface area (Å²) in [7, 11) is -1.07. The summed E-state index contributed by atoms with van der Waals surface area (Å²) in [5.41, 5.74) is -1.68. The Morgan fingerprint density at radius 2 is 1.55 bits per heavy atom. The molecule has 0 aromatic heterocycles. The molecule has 0 N–H and O–H groups in total. The highest BCUT2D eigenvalue weighted by Gasteiger charge is 2.57. The van der Waals surface area contributed by atoms with Crippen LogP contribution in [-0.2, 0) is 9.31 Å². The number of rotatable bonds is 2. The Bertz CT molecular complexity index is 679. The maximum atomic E-state index is 13.4. The summed E-state index contributed by atoms with van der Waals surface area (Å²) in [6.45, 7) is 7.23. The molecule has 0 amide bonds. The van der Waals surface area contributed by atoms with Gasteiger partial charge >= 0.3 is 7.12 Å². The molecule has 1 saturated carbocycles. The maximum Gasteiger partial charge on any atom is 0.494 e. The second-order valence-electron chi connectivity index (χ2n) is 6.43. The quantitative estimate of drug-likeness (QED) is 0.777. The van der Waals surface area contributed by atoms with E-state index in [1.54, 1.807) is 0 Å². The first-order valence-corrected chi connectivity index (χ1v) is 6.64. The summed E-state index contributed by atoms with van der Waals surface area (Å²) in [5.74, 6) is -4.21. The molecule has 1 aromatic carbocycles. The summed E-state index contributed by atoms with van der Waals surface area (Å²) in [6, 6.07) is -1.65. The number of hydrogen-bond acceptors (Lipinski definition) is 2. The van der Waals surface area contributed by atoms with E-state index in [9.17, 15) is 8.78 Å². The normalized spacial score (nSPS) is 32.3. The van der Waals surface area contributed by atoms with E-state index in [-0.39, 0.29) is 23.1 Å². The minimum absolute atomic E-state index is 0.0450. The molecular weight excluding hydrogens is 261 g/mol. The van der Waals surface area contributed by atoms with Crippen LogP contribution in [0, 0.1) is 0 Å². The third kappa shape index (κ3) is 2.17. The molecule has 1 unspecified atom stereocenters. The van der Waals surface area contributed by atoms with E-state index < -0.39 is 48.7 Å². The minimum atomic E-state index is -2.96. The highest BCUT2D eigenvalue weighted by molar-refractivity contribution is 6.62. The van der Waals surface area contributed by atoms with Gasteiger partial charge in [0.05, 0.1) is 22.6 Å². The van der Waals surface area contributed by atoms with Gasteiger partial charge in [0.15, 0.2) is 0 Å². The van der Waals surface area contributed by atoms with E-state index in [1.807, 2.05) is 27.7 Å². The molecule has 0 bridgehead atoms. The molecule has 2 aliphatic rings. The van der Waals surface area contributed by atoms with Crippen LogP contribution in [0.25, 0.3) is 0 Å². The molecule has 1 atom stereocenters. The fraction of sp³-hybridized carbons (Fsp3) is 0.600. The van der Waals surface area contributed by atoms with Gasteiger partial charge in [-0.15, -0.1) is 0 Å². The van der Waals surface area contributed by atoms with Gasteiger partial charge in [-0.3, -0.25) is 0 Å². The Morgan fingerprint density at radius 1 is 1.10 bits per heavy atom. The zero-order chi connectivity index (χ0) is 18.2. The molecule has 2 nitrogen and oxygen atoms in total. The molecule has 2 fully saturated rings. The molecule has 0 spiro atoms. The number of halogens is 2. The van der Waals surface area contributed by atoms with Crippen LogP contribution in [0.3, 0.4) is 0 Å². The van der Waals surface area contributed by atoms with Gasteiger partial charge in [-0.2, -0.15) is 0 Å². The summed E-state index contributed by atoms with van der Waals surface area (Å²) >= 11 is 0. The van der Waals surface area contributed by atoms with E-state index in [1.165, 1.54) is 0 Å². The first kappa shape index (κ1) is 9.90. The summed E-state index contributed by atoms with van der Waals surface area (Å²) in [6.07, 6.45) is -0.445. The molecule has 0 radical (unpaired) electrons. The second kappa shape index (κ2) is 4.04. The van der Waals surface area contributed by atoms with Crippen LogP contribution in [0.2, 0.25) is 0 Å². The number of benzene rings is 1. The molecule has 1 heterocycles. The van der Waals surface area contributed by atoms with Crippen LogP contribution in [0.15, 0.2) is 24.2 Å². The maximum absolute atomic E-state index is 13.4. The van der Waals surface area contributed by atoms with Gasteiger partial charge < -0.3 is 9.31 Å². The number of alkyl halides is 2. The summed E-state index contributed by atoms with van der Waals surface area (Å²) < 4.78 is 70.7. The van der Waals surface area contributed by atoms with Crippen molar-refractivity contribution >= 4 is 12.6 Å². The van der Waals surface area contributed by atoms with Gasteiger partial charge in [0, 0.05) is 6.42 Å². The van der Waals surface area contributed by atoms with Crippen molar-refractivity contribution in [3.8, 4) is 0 Å². The average molecular weight is 284 g/mol. The van der Waals surface area contributed by atoms with E-state index in [0.717, 1.165) is 0 Å². The Morgan fingerprint density at radius 3 is 1.95 bits per heavy atom. The van der Waals surface area contributed by atoms with Crippen molar-refractivity contribution < 1.29 is 23.6 Å². The van der Waals surface area contributed by atoms with Gasteiger partial charge in [0.1, 0.15) is 0 Å².